The molecule has 1 N–H and O–H groups in total. The van der Waals surface area contributed by atoms with Gasteiger partial charge in [-0.25, -0.2) is 9.18 Å². The summed E-state index contributed by atoms with van der Waals surface area (Å²) in [5, 5.41) is 8.96. The first kappa shape index (κ1) is 11.5. The topological polar surface area (TPSA) is 37.3 Å². The highest BCUT2D eigenvalue weighted by molar-refractivity contribution is 9.10. The third kappa shape index (κ3) is 1.91. The lowest BCUT2D eigenvalue weighted by molar-refractivity contribution is -0.150. The average molecular weight is 282 g/mol. The minimum Gasteiger partial charge on any atom is -0.479 e. The largest absolute Gasteiger partial charge is 0.479 e. The summed E-state index contributed by atoms with van der Waals surface area (Å²) >= 11 is 8.77. The van der Waals surface area contributed by atoms with E-state index in [1.807, 2.05) is 0 Å². The smallest absolute Gasteiger partial charge is 0.345 e. The molecule has 0 saturated carbocycles. The van der Waals surface area contributed by atoms with Crippen molar-refractivity contribution < 1.29 is 14.3 Å². The lowest BCUT2D eigenvalue weighted by Crippen LogP contribution is -2.27. The quantitative estimate of drug-likeness (QED) is 0.902. The van der Waals surface area contributed by atoms with Gasteiger partial charge in [0.15, 0.2) is 0 Å². The summed E-state index contributed by atoms with van der Waals surface area (Å²) in [6, 6.07) is 4.43. The van der Waals surface area contributed by atoms with Crippen LogP contribution in [-0.4, -0.2) is 11.1 Å². The Bertz CT molecular complexity index is 379. The number of carboxylic acids is 1. The van der Waals surface area contributed by atoms with E-state index < -0.39 is 11.6 Å². The number of benzene rings is 1. The van der Waals surface area contributed by atoms with Crippen molar-refractivity contribution in [2.75, 3.05) is 0 Å². The molecular weight excluding hydrogens is 274 g/mol. The first-order chi connectivity index (χ1) is 6.37. The van der Waals surface area contributed by atoms with E-state index in [4.69, 9.17) is 16.7 Å². The molecule has 0 aliphatic heterocycles. The van der Waals surface area contributed by atoms with E-state index in [9.17, 15) is 9.18 Å². The zero-order valence-electron chi connectivity index (χ0n) is 7.22. The van der Waals surface area contributed by atoms with Crippen LogP contribution in [0, 0.1) is 0 Å². The van der Waals surface area contributed by atoms with Gasteiger partial charge in [-0.3, -0.25) is 0 Å². The Labute approximate surface area is 93.8 Å². The van der Waals surface area contributed by atoms with Crippen LogP contribution in [0.4, 0.5) is 4.39 Å². The summed E-state index contributed by atoms with van der Waals surface area (Å²) in [4.78, 5) is 10.6. The van der Waals surface area contributed by atoms with E-state index in [1.165, 1.54) is 12.1 Å². The molecule has 14 heavy (non-hydrogen) atoms. The van der Waals surface area contributed by atoms with Crippen LogP contribution < -0.4 is 0 Å². The maximum Gasteiger partial charge on any atom is 0.345 e. The fourth-order valence-electron chi connectivity index (χ4n) is 0.982. The van der Waals surface area contributed by atoms with E-state index in [1.54, 1.807) is 6.07 Å². The molecule has 0 fully saturated rings. The van der Waals surface area contributed by atoms with Crippen molar-refractivity contribution in [3.05, 3.63) is 33.3 Å². The Balaban J connectivity index is 3.33. The molecule has 1 unspecified atom stereocenters. The molecule has 0 spiro atoms. The van der Waals surface area contributed by atoms with E-state index in [2.05, 4.69) is 15.9 Å². The monoisotopic (exact) mass is 280 g/mol. The van der Waals surface area contributed by atoms with Gasteiger partial charge in [-0.15, -0.1) is 0 Å². The molecule has 0 saturated heterocycles. The summed E-state index contributed by atoms with van der Waals surface area (Å²) in [6.45, 7) is 0.978. The molecule has 76 valence electrons. The van der Waals surface area contributed by atoms with Gasteiger partial charge < -0.3 is 5.11 Å². The van der Waals surface area contributed by atoms with Crippen LogP contribution in [0.1, 0.15) is 12.5 Å². The second-order valence-corrected chi connectivity index (χ2v) is 4.11. The van der Waals surface area contributed by atoms with Crippen LogP contribution in [0.15, 0.2) is 22.7 Å². The number of carbonyl (C=O) groups is 1. The molecule has 1 atom stereocenters. The van der Waals surface area contributed by atoms with Crippen molar-refractivity contribution in [2.24, 2.45) is 0 Å². The highest BCUT2D eigenvalue weighted by Crippen LogP contribution is 2.35. The Kier molecular flexibility index (Phi) is 3.17. The SMILES string of the molecule is CC(F)(C(=O)O)c1cccc(Cl)c1Br. The summed E-state index contributed by atoms with van der Waals surface area (Å²) in [6.07, 6.45) is 0. The minimum atomic E-state index is -2.44. The maximum absolute atomic E-state index is 13.7. The number of rotatable bonds is 2. The second kappa shape index (κ2) is 3.87. The molecule has 0 aliphatic carbocycles. The molecule has 2 nitrogen and oxygen atoms in total. The Hall–Kier alpha value is -0.610. The first-order valence-corrected chi connectivity index (χ1v) is 4.91. The van der Waals surface area contributed by atoms with Crippen LogP contribution in [0.5, 0.6) is 0 Å². The number of alkyl halides is 1. The van der Waals surface area contributed by atoms with E-state index in [-0.39, 0.29) is 15.1 Å². The maximum atomic E-state index is 13.7. The molecule has 5 heteroatoms. The Morgan fingerprint density at radius 3 is 2.71 bits per heavy atom. The van der Waals surface area contributed by atoms with Crippen molar-refractivity contribution in [3.63, 3.8) is 0 Å². The standard InChI is InChI=1S/C9H7BrClFO2/c1-9(12,8(13)14)5-3-2-4-6(11)7(5)10/h2-4H,1H3,(H,13,14). The summed E-state index contributed by atoms with van der Waals surface area (Å²) in [5.74, 6) is -1.54. The predicted octanol–water partition coefficient (Wildman–Crippen LogP) is 3.37. The number of aliphatic carboxylic acids is 1. The average Bonchev–Trinajstić information content (AvgIpc) is 2.09. The lowest BCUT2D eigenvalue weighted by atomic mass is 9.98. The molecule has 0 amide bonds. The number of hydrogen-bond donors (Lipinski definition) is 1. The van der Waals surface area contributed by atoms with Crippen LogP contribution >= 0.6 is 27.5 Å². The zero-order valence-corrected chi connectivity index (χ0v) is 9.56. The van der Waals surface area contributed by atoms with Crippen molar-refractivity contribution in [1.29, 1.82) is 0 Å². The van der Waals surface area contributed by atoms with Gasteiger partial charge in [-0.1, -0.05) is 23.7 Å². The van der Waals surface area contributed by atoms with E-state index in [0.29, 0.717) is 0 Å². The third-order valence-electron chi connectivity index (χ3n) is 1.86. The van der Waals surface area contributed by atoms with E-state index >= 15 is 0 Å². The molecule has 1 aromatic rings. The molecule has 0 heterocycles. The molecule has 1 rings (SSSR count). The highest BCUT2D eigenvalue weighted by atomic mass is 79.9. The van der Waals surface area contributed by atoms with Gasteiger partial charge >= 0.3 is 5.97 Å². The second-order valence-electron chi connectivity index (χ2n) is 2.91. The molecule has 0 bridgehead atoms. The van der Waals surface area contributed by atoms with Crippen LogP contribution in [0.2, 0.25) is 5.02 Å². The highest BCUT2D eigenvalue weighted by Gasteiger charge is 2.37. The number of halogens is 3. The minimum absolute atomic E-state index is 0.0116. The molecule has 1 aromatic carbocycles. The molecule has 0 aliphatic rings. The van der Waals surface area contributed by atoms with Gasteiger partial charge in [0.1, 0.15) is 0 Å². The first-order valence-electron chi connectivity index (χ1n) is 3.74. The Morgan fingerprint density at radius 2 is 2.21 bits per heavy atom. The van der Waals surface area contributed by atoms with Crippen LogP contribution in [0.25, 0.3) is 0 Å². The fourth-order valence-corrected chi connectivity index (χ4v) is 1.79. The summed E-state index contributed by atoms with van der Waals surface area (Å²) < 4.78 is 14.0. The fraction of sp³-hybridized carbons (Fsp3) is 0.222. The van der Waals surface area contributed by atoms with Gasteiger partial charge in [-0.2, -0.15) is 0 Å². The van der Waals surface area contributed by atoms with Crippen LogP contribution in [0.3, 0.4) is 0 Å². The number of carboxylic acid groups (broad SMARTS) is 1. The van der Waals surface area contributed by atoms with Crippen molar-refractivity contribution >= 4 is 33.5 Å². The molecule has 0 aromatic heterocycles. The van der Waals surface area contributed by atoms with Crippen molar-refractivity contribution in [3.8, 4) is 0 Å². The molecular formula is C9H7BrClFO2. The summed E-state index contributed by atoms with van der Waals surface area (Å²) in [7, 11) is 0. The van der Waals surface area contributed by atoms with E-state index in [0.717, 1.165) is 6.92 Å². The lowest BCUT2D eigenvalue weighted by Gasteiger charge is -2.17. The number of hydrogen-bond acceptors (Lipinski definition) is 1. The van der Waals surface area contributed by atoms with Gasteiger partial charge in [0, 0.05) is 10.0 Å². The Morgan fingerprint density at radius 1 is 1.64 bits per heavy atom. The van der Waals surface area contributed by atoms with Gasteiger partial charge in [0.05, 0.1) is 5.02 Å². The van der Waals surface area contributed by atoms with Crippen LogP contribution in [-0.2, 0) is 10.5 Å². The van der Waals surface area contributed by atoms with Crippen molar-refractivity contribution in [1.82, 2.24) is 0 Å². The third-order valence-corrected chi connectivity index (χ3v) is 3.26. The van der Waals surface area contributed by atoms with Gasteiger partial charge in [0.2, 0.25) is 5.67 Å². The normalized spacial score (nSPS) is 14.9. The van der Waals surface area contributed by atoms with Gasteiger partial charge in [0.25, 0.3) is 0 Å². The predicted molar refractivity (Wildman–Crippen MR) is 55.2 cm³/mol. The van der Waals surface area contributed by atoms with Crippen molar-refractivity contribution in [2.45, 2.75) is 12.6 Å². The summed E-state index contributed by atoms with van der Waals surface area (Å²) in [5.41, 5.74) is -2.43. The van der Waals surface area contributed by atoms with Gasteiger partial charge in [-0.05, 0) is 28.9 Å². The molecule has 0 radical (unpaired) electrons. The zero-order chi connectivity index (χ0) is 10.9.